The van der Waals surface area contributed by atoms with Crippen LogP contribution in [-0.4, -0.2) is 45.2 Å². The van der Waals surface area contributed by atoms with Crippen LogP contribution in [-0.2, 0) is 26.2 Å². The van der Waals surface area contributed by atoms with Crippen LogP contribution in [0.25, 0.3) is 0 Å². The van der Waals surface area contributed by atoms with E-state index in [9.17, 15) is 8.42 Å². The fraction of sp³-hybridized carbons (Fsp3) is 0.381. The second kappa shape index (κ2) is 9.32. The molecule has 3 rings (SSSR count). The highest BCUT2D eigenvalue weighted by Crippen LogP contribution is 2.19. The first kappa shape index (κ1) is 20.5. The van der Waals surface area contributed by atoms with Crippen LogP contribution >= 0.6 is 0 Å². The molecule has 1 heterocycles. The third-order valence-corrected chi connectivity index (χ3v) is 6.51. The molecule has 0 amide bonds. The Labute approximate surface area is 166 Å². The van der Waals surface area contributed by atoms with Gasteiger partial charge >= 0.3 is 0 Å². The maximum atomic E-state index is 12.7. The first-order valence-electron chi connectivity index (χ1n) is 9.39. The molecule has 1 aliphatic heterocycles. The van der Waals surface area contributed by atoms with Crippen molar-refractivity contribution >= 4 is 16.2 Å². The smallest absolute Gasteiger partial charge is 0.243 e. The van der Waals surface area contributed by atoms with Crippen molar-refractivity contribution in [1.82, 2.24) is 4.31 Å². The SMILES string of the molecule is CC(C)c1ccc(/C=N\OCc2cccc(S(=O)(=O)N3CCOCC3)c2)cc1. The van der Waals surface area contributed by atoms with Gasteiger partial charge in [-0.1, -0.05) is 55.4 Å². The molecule has 1 aliphatic rings. The number of sulfonamides is 1. The van der Waals surface area contributed by atoms with Crippen LogP contribution in [0.15, 0.2) is 58.6 Å². The third-order valence-electron chi connectivity index (χ3n) is 4.62. The summed E-state index contributed by atoms with van der Waals surface area (Å²) in [6, 6.07) is 14.9. The number of rotatable bonds is 7. The van der Waals surface area contributed by atoms with Gasteiger partial charge in [-0.05, 0) is 34.7 Å². The largest absolute Gasteiger partial charge is 0.391 e. The van der Waals surface area contributed by atoms with Crippen molar-refractivity contribution in [1.29, 1.82) is 0 Å². The molecule has 0 spiro atoms. The fourth-order valence-electron chi connectivity index (χ4n) is 2.91. The summed E-state index contributed by atoms with van der Waals surface area (Å²) >= 11 is 0. The molecule has 1 saturated heterocycles. The van der Waals surface area contributed by atoms with Crippen LogP contribution in [0.4, 0.5) is 0 Å². The molecule has 2 aromatic rings. The highest BCUT2D eigenvalue weighted by Gasteiger charge is 2.26. The van der Waals surface area contributed by atoms with Gasteiger partial charge in [0.25, 0.3) is 0 Å². The summed E-state index contributed by atoms with van der Waals surface area (Å²) in [4.78, 5) is 5.62. The molecule has 0 unspecified atom stereocenters. The number of hydrogen-bond acceptors (Lipinski definition) is 5. The standard InChI is InChI=1S/C21H26N2O4S/c1-17(2)20-8-6-18(7-9-20)15-22-27-16-19-4-3-5-21(14-19)28(24,25)23-10-12-26-13-11-23/h3-9,14-15,17H,10-13,16H2,1-2H3/b22-15-. The Kier molecular flexibility index (Phi) is 6.83. The maximum absolute atomic E-state index is 12.7. The molecule has 2 aromatic carbocycles. The predicted molar refractivity (Wildman–Crippen MR) is 109 cm³/mol. The van der Waals surface area contributed by atoms with Gasteiger partial charge in [0, 0.05) is 13.1 Å². The quantitative estimate of drug-likeness (QED) is 0.526. The molecule has 0 radical (unpaired) electrons. The van der Waals surface area contributed by atoms with Gasteiger partial charge in [0.15, 0.2) is 0 Å². The van der Waals surface area contributed by atoms with E-state index in [1.165, 1.54) is 9.87 Å². The summed E-state index contributed by atoms with van der Waals surface area (Å²) in [6.45, 7) is 6.11. The van der Waals surface area contributed by atoms with E-state index < -0.39 is 10.0 Å². The highest BCUT2D eigenvalue weighted by atomic mass is 32.2. The van der Waals surface area contributed by atoms with Gasteiger partial charge in [0.1, 0.15) is 6.61 Å². The summed E-state index contributed by atoms with van der Waals surface area (Å²) in [6.07, 6.45) is 1.65. The summed E-state index contributed by atoms with van der Waals surface area (Å²) in [5, 5.41) is 3.99. The first-order chi connectivity index (χ1) is 13.5. The summed E-state index contributed by atoms with van der Waals surface area (Å²) < 4.78 is 32.1. The normalized spacial score (nSPS) is 16.0. The monoisotopic (exact) mass is 402 g/mol. The zero-order valence-corrected chi connectivity index (χ0v) is 17.1. The van der Waals surface area contributed by atoms with Gasteiger partial charge in [-0.25, -0.2) is 8.42 Å². The van der Waals surface area contributed by atoms with E-state index in [4.69, 9.17) is 9.57 Å². The van der Waals surface area contributed by atoms with Crippen molar-refractivity contribution < 1.29 is 18.0 Å². The van der Waals surface area contributed by atoms with Crippen LogP contribution in [0.5, 0.6) is 0 Å². The molecule has 0 saturated carbocycles. The molecular formula is C21H26N2O4S. The van der Waals surface area contributed by atoms with Crippen molar-refractivity contribution in [3.63, 3.8) is 0 Å². The van der Waals surface area contributed by atoms with E-state index >= 15 is 0 Å². The summed E-state index contributed by atoms with van der Waals surface area (Å²) in [5.41, 5.74) is 2.98. The van der Waals surface area contributed by atoms with Crippen LogP contribution in [0.2, 0.25) is 0 Å². The number of nitrogens with zero attached hydrogens (tertiary/aromatic N) is 2. The molecule has 7 heteroatoms. The Morgan fingerprint density at radius 2 is 1.86 bits per heavy atom. The molecule has 0 aliphatic carbocycles. The van der Waals surface area contributed by atoms with Crippen LogP contribution < -0.4 is 0 Å². The summed E-state index contributed by atoms with van der Waals surface area (Å²) in [5.74, 6) is 0.489. The molecule has 150 valence electrons. The fourth-order valence-corrected chi connectivity index (χ4v) is 4.39. The number of morpholine rings is 1. The lowest BCUT2D eigenvalue weighted by molar-refractivity contribution is 0.0730. The first-order valence-corrected chi connectivity index (χ1v) is 10.8. The van der Waals surface area contributed by atoms with E-state index in [-0.39, 0.29) is 11.5 Å². The zero-order valence-electron chi connectivity index (χ0n) is 16.2. The number of oxime groups is 1. The second-order valence-electron chi connectivity index (χ2n) is 6.99. The molecule has 6 nitrogen and oxygen atoms in total. The number of hydrogen-bond donors (Lipinski definition) is 0. The minimum Gasteiger partial charge on any atom is -0.391 e. The molecule has 1 fully saturated rings. The Morgan fingerprint density at radius 3 is 2.54 bits per heavy atom. The van der Waals surface area contributed by atoms with Crippen LogP contribution in [0, 0.1) is 0 Å². The third kappa shape index (κ3) is 5.19. The van der Waals surface area contributed by atoms with E-state index in [0.717, 1.165) is 11.1 Å². The Bertz CT molecular complexity index is 902. The van der Waals surface area contributed by atoms with Gasteiger partial charge < -0.3 is 9.57 Å². The average molecular weight is 403 g/mol. The number of benzene rings is 2. The average Bonchev–Trinajstić information content (AvgIpc) is 2.72. The van der Waals surface area contributed by atoms with Crippen LogP contribution in [0.1, 0.15) is 36.5 Å². The molecule has 0 aromatic heterocycles. The van der Waals surface area contributed by atoms with Gasteiger partial charge in [-0.15, -0.1) is 0 Å². The lowest BCUT2D eigenvalue weighted by Crippen LogP contribution is -2.40. The van der Waals surface area contributed by atoms with E-state index in [0.29, 0.717) is 32.2 Å². The van der Waals surface area contributed by atoms with Crippen LogP contribution in [0.3, 0.4) is 0 Å². The summed E-state index contributed by atoms with van der Waals surface area (Å²) in [7, 11) is -3.51. The minimum atomic E-state index is -3.51. The molecule has 0 N–H and O–H groups in total. The lowest BCUT2D eigenvalue weighted by atomic mass is 10.0. The zero-order chi connectivity index (χ0) is 20.0. The van der Waals surface area contributed by atoms with Crippen molar-refractivity contribution in [2.45, 2.75) is 31.3 Å². The Morgan fingerprint density at radius 1 is 1.14 bits per heavy atom. The highest BCUT2D eigenvalue weighted by molar-refractivity contribution is 7.89. The number of ether oxygens (including phenoxy) is 1. The second-order valence-corrected chi connectivity index (χ2v) is 8.93. The molecular weight excluding hydrogens is 376 g/mol. The maximum Gasteiger partial charge on any atom is 0.243 e. The Hall–Kier alpha value is -2.22. The van der Waals surface area contributed by atoms with Gasteiger partial charge in [0.2, 0.25) is 10.0 Å². The van der Waals surface area contributed by atoms with E-state index in [1.54, 1.807) is 24.4 Å². The van der Waals surface area contributed by atoms with Crippen molar-refractivity contribution in [3.05, 3.63) is 65.2 Å². The van der Waals surface area contributed by atoms with Crippen molar-refractivity contribution in [2.24, 2.45) is 5.16 Å². The molecule has 0 bridgehead atoms. The van der Waals surface area contributed by atoms with E-state index in [2.05, 4.69) is 31.1 Å². The van der Waals surface area contributed by atoms with Gasteiger partial charge in [-0.3, -0.25) is 0 Å². The van der Waals surface area contributed by atoms with Crippen molar-refractivity contribution in [3.8, 4) is 0 Å². The van der Waals surface area contributed by atoms with Gasteiger partial charge in [-0.2, -0.15) is 4.31 Å². The Balaban J connectivity index is 1.60. The van der Waals surface area contributed by atoms with Gasteiger partial charge in [0.05, 0.1) is 24.3 Å². The molecule has 28 heavy (non-hydrogen) atoms. The van der Waals surface area contributed by atoms with Crippen molar-refractivity contribution in [2.75, 3.05) is 26.3 Å². The molecule has 0 atom stereocenters. The predicted octanol–water partition coefficient (Wildman–Crippen LogP) is 3.38. The minimum absolute atomic E-state index is 0.201. The lowest BCUT2D eigenvalue weighted by Gasteiger charge is -2.26. The topological polar surface area (TPSA) is 68.2 Å². The van der Waals surface area contributed by atoms with E-state index in [1.807, 2.05) is 18.2 Å².